The van der Waals surface area contributed by atoms with Gasteiger partial charge in [-0.05, 0) is 239 Å². The molecule has 10 rings (SSSR count). The molecular weight excluding hydrogens is 1110 g/mol. The molecule has 1 aliphatic heterocycles. The predicted molar refractivity (Wildman–Crippen MR) is 376 cm³/mol. The highest BCUT2D eigenvalue weighted by molar-refractivity contribution is 5.92. The lowest BCUT2D eigenvalue weighted by atomic mass is 9.47. The van der Waals surface area contributed by atoms with E-state index in [0.717, 1.165) is 115 Å². The van der Waals surface area contributed by atoms with Gasteiger partial charge in [0.25, 0.3) is 0 Å². The van der Waals surface area contributed by atoms with Crippen LogP contribution in [0.5, 0.6) is 11.5 Å². The van der Waals surface area contributed by atoms with E-state index in [1.54, 1.807) is 54.1 Å². The Morgan fingerprint density at radius 1 is 0.644 bits per heavy atom. The molecule has 0 radical (unpaired) electrons. The summed E-state index contributed by atoms with van der Waals surface area (Å²) in [5, 5.41) is 0. The van der Waals surface area contributed by atoms with E-state index in [2.05, 4.69) is 132 Å². The van der Waals surface area contributed by atoms with Gasteiger partial charge in [0.05, 0.1) is 29.4 Å². The van der Waals surface area contributed by atoms with Gasteiger partial charge in [-0.2, -0.15) is 0 Å². The van der Waals surface area contributed by atoms with Crippen LogP contribution in [0.3, 0.4) is 0 Å². The molecule has 480 valence electrons. The first-order valence-electron chi connectivity index (χ1n) is 33.8. The second-order valence-electron chi connectivity index (χ2n) is 27.7. The first-order valence-corrected chi connectivity index (χ1v) is 33.8. The number of fused-ring (bicyclic) bond motifs is 6. The molecule has 3 saturated carbocycles. The number of esters is 3. The van der Waals surface area contributed by atoms with E-state index in [1.165, 1.54) is 68.1 Å². The average molecular weight is 1220 g/mol. The van der Waals surface area contributed by atoms with E-state index in [4.69, 9.17) is 18.9 Å². The average Bonchev–Trinajstić information content (AvgIpc) is 1.37. The number of carbonyl (C=O) groups is 3. The molecule has 1 heterocycles. The summed E-state index contributed by atoms with van der Waals surface area (Å²) in [5.74, 6) is 6.32. The molecule has 4 aliphatic carbocycles. The highest BCUT2D eigenvalue weighted by atomic mass is 16.5. The Labute approximate surface area is 542 Å². The minimum Gasteiger partial charge on any atom is -0.490 e. The number of hydrogen-bond donors (Lipinski definition) is 0. The van der Waals surface area contributed by atoms with Gasteiger partial charge >= 0.3 is 17.9 Å². The van der Waals surface area contributed by atoms with Gasteiger partial charge in [0.2, 0.25) is 0 Å². The maximum Gasteiger partial charge on any atom is 0.343 e. The molecule has 0 spiro atoms. The zero-order valence-corrected chi connectivity index (χ0v) is 56.3. The molecule has 0 N–H and O–H groups in total. The first-order chi connectivity index (χ1) is 43.2. The van der Waals surface area contributed by atoms with Crippen LogP contribution < -0.4 is 9.47 Å². The standard InChI is InChI=1S/C36H52O2.C19H18O3.C19H26O2.C9H10/c1-7-26-11-13-27(14-12-26)34(37)38-29-19-21-35(5)28(23-29)15-16-30-32-18-17-31(25(4)10-8-9-24(2)3)36(32,6)22-20-33(30)35;1-3-14-5-9-17(10-6-14)22-19(20)16-8-11-18-15(12-16)7-4-13(2)21-18;1-5-17-9-11-18(12-10-17)19(20)21-14-13-16(4)8-6-7-15(2)3;1-3-9-6-4-8(2)5-7-9/h7,11-15,24-25,29-33H,1,8-10,16-23H2,2-6H3;3,5-6,8-13H,1,4,7H2,2H3;5,7,9-12,16H,1,6,8,13-14H2,2-4H3;3-7H,1H2,2H3. The van der Waals surface area contributed by atoms with Gasteiger partial charge in [-0.25, -0.2) is 14.4 Å². The van der Waals surface area contributed by atoms with E-state index in [0.29, 0.717) is 45.8 Å². The van der Waals surface area contributed by atoms with E-state index >= 15 is 0 Å². The Balaban J connectivity index is 0.000000189. The monoisotopic (exact) mass is 1210 g/mol. The maximum absolute atomic E-state index is 12.9. The number of hydrogen-bond acceptors (Lipinski definition) is 7. The van der Waals surface area contributed by atoms with Crippen molar-refractivity contribution >= 4 is 42.2 Å². The second kappa shape index (κ2) is 33.7. The van der Waals surface area contributed by atoms with Gasteiger partial charge in [-0.15, -0.1) is 0 Å². The number of ether oxygens (including phenoxy) is 4. The lowest BCUT2D eigenvalue weighted by Gasteiger charge is -2.58. The molecule has 7 heteroatoms. The van der Waals surface area contributed by atoms with Gasteiger partial charge in [-0.1, -0.05) is 201 Å². The van der Waals surface area contributed by atoms with Crippen LogP contribution in [0.15, 0.2) is 165 Å². The van der Waals surface area contributed by atoms with Crippen molar-refractivity contribution in [1.82, 2.24) is 0 Å². The molecule has 10 unspecified atom stereocenters. The predicted octanol–water partition coefficient (Wildman–Crippen LogP) is 22.1. The van der Waals surface area contributed by atoms with Crippen molar-refractivity contribution < 1.29 is 33.3 Å². The number of allylic oxidation sites excluding steroid dienone is 3. The lowest BCUT2D eigenvalue weighted by molar-refractivity contribution is -0.0594. The van der Waals surface area contributed by atoms with E-state index in [1.807, 2.05) is 66.7 Å². The van der Waals surface area contributed by atoms with Crippen LogP contribution >= 0.6 is 0 Å². The minimum atomic E-state index is -0.354. The maximum atomic E-state index is 12.9. The van der Waals surface area contributed by atoms with Gasteiger partial charge < -0.3 is 18.9 Å². The molecule has 0 amide bonds. The third-order valence-corrected chi connectivity index (χ3v) is 20.4. The Kier molecular flexibility index (Phi) is 26.3. The van der Waals surface area contributed by atoms with Crippen molar-refractivity contribution in [3.8, 4) is 11.5 Å². The first kappa shape index (κ1) is 70.2. The van der Waals surface area contributed by atoms with Gasteiger partial charge in [0.1, 0.15) is 17.6 Å². The number of aryl methyl sites for hydroxylation is 2. The summed E-state index contributed by atoms with van der Waals surface area (Å²) in [6.45, 7) is 38.4. The zero-order chi connectivity index (χ0) is 65.0. The third kappa shape index (κ3) is 19.4. The second-order valence-corrected chi connectivity index (χ2v) is 27.7. The van der Waals surface area contributed by atoms with E-state index < -0.39 is 0 Å². The quantitative estimate of drug-likeness (QED) is 0.0436. The smallest absolute Gasteiger partial charge is 0.343 e. The Bertz CT molecular complexity index is 3230. The molecule has 0 aromatic heterocycles. The summed E-state index contributed by atoms with van der Waals surface area (Å²) in [6.07, 6.45) is 31.5. The van der Waals surface area contributed by atoms with Crippen molar-refractivity contribution in [2.75, 3.05) is 6.61 Å². The summed E-state index contributed by atoms with van der Waals surface area (Å²) in [5.41, 5.74) is 12.1. The fraction of sp³-hybridized carbons (Fsp3) is 0.458. The molecule has 5 aromatic carbocycles. The van der Waals surface area contributed by atoms with Crippen LogP contribution in [0.2, 0.25) is 0 Å². The van der Waals surface area contributed by atoms with Crippen LogP contribution in [0.1, 0.15) is 223 Å². The fourth-order valence-corrected chi connectivity index (χ4v) is 14.9. The molecule has 3 fully saturated rings. The number of benzene rings is 5. The van der Waals surface area contributed by atoms with Crippen LogP contribution in [0.25, 0.3) is 24.3 Å². The summed E-state index contributed by atoms with van der Waals surface area (Å²) in [7, 11) is 0. The fourth-order valence-electron chi connectivity index (χ4n) is 14.9. The SMILES string of the molecule is C=Cc1ccc(C(=O)OC2CCC3(C)C(=CCC4C3CCC3(C)C(C(C)CCCC(C)C)CCC43)C2)cc1.C=Cc1ccc(C(=O)OCCC(C)CCC=C(C)C)cc1.C=Cc1ccc(C)cc1.C=Cc1ccc(OC(=O)c2ccc3c(c2)CCC(C)O3)cc1. The van der Waals surface area contributed by atoms with Crippen LogP contribution in [-0.4, -0.2) is 36.7 Å². The van der Waals surface area contributed by atoms with Crippen molar-refractivity contribution in [2.24, 2.45) is 52.3 Å². The Morgan fingerprint density at radius 3 is 1.83 bits per heavy atom. The number of rotatable bonds is 20. The van der Waals surface area contributed by atoms with Crippen LogP contribution in [0.4, 0.5) is 0 Å². The normalized spacial score (nSPS) is 23.2. The van der Waals surface area contributed by atoms with Gasteiger partial charge in [-0.3, -0.25) is 0 Å². The summed E-state index contributed by atoms with van der Waals surface area (Å²) in [4.78, 5) is 37.0. The molecule has 0 saturated heterocycles. The van der Waals surface area contributed by atoms with Crippen LogP contribution in [-0.2, 0) is 15.9 Å². The molecule has 5 aliphatic rings. The Hall–Kier alpha value is -7.25. The lowest BCUT2D eigenvalue weighted by Crippen LogP contribution is -2.51. The zero-order valence-electron chi connectivity index (χ0n) is 56.3. The highest BCUT2D eigenvalue weighted by Gasteiger charge is 2.59. The van der Waals surface area contributed by atoms with Crippen molar-refractivity contribution in [2.45, 2.75) is 184 Å². The van der Waals surface area contributed by atoms with Crippen molar-refractivity contribution in [3.05, 3.63) is 215 Å². The van der Waals surface area contributed by atoms with Crippen LogP contribution in [0, 0.1) is 59.2 Å². The number of carbonyl (C=O) groups excluding carboxylic acids is 3. The third-order valence-electron chi connectivity index (χ3n) is 20.4. The molecule has 10 atom stereocenters. The minimum absolute atomic E-state index is 0.00821. The van der Waals surface area contributed by atoms with Gasteiger partial charge in [0, 0.05) is 6.42 Å². The highest BCUT2D eigenvalue weighted by Crippen LogP contribution is 2.67. The molecule has 0 bridgehead atoms. The largest absolute Gasteiger partial charge is 0.490 e. The molecule has 90 heavy (non-hydrogen) atoms. The molecular formula is C83H106O7. The summed E-state index contributed by atoms with van der Waals surface area (Å²) in [6, 6.07) is 35.8. The summed E-state index contributed by atoms with van der Waals surface area (Å²) < 4.78 is 22.5. The van der Waals surface area contributed by atoms with E-state index in [-0.39, 0.29) is 30.1 Å². The summed E-state index contributed by atoms with van der Waals surface area (Å²) >= 11 is 0. The molecule has 5 aromatic rings. The van der Waals surface area contributed by atoms with Gasteiger partial charge in [0.15, 0.2) is 0 Å². The van der Waals surface area contributed by atoms with E-state index in [9.17, 15) is 14.4 Å². The van der Waals surface area contributed by atoms with Crippen molar-refractivity contribution in [1.29, 1.82) is 0 Å². The van der Waals surface area contributed by atoms with Crippen molar-refractivity contribution in [3.63, 3.8) is 0 Å². The topological polar surface area (TPSA) is 88.1 Å². The molecule has 7 nitrogen and oxygen atoms in total. The Morgan fingerprint density at radius 2 is 1.23 bits per heavy atom.